The highest BCUT2D eigenvalue weighted by Crippen LogP contribution is 2.23. The Balaban J connectivity index is 1.49. The van der Waals surface area contributed by atoms with Crippen LogP contribution in [0.4, 0.5) is 5.69 Å². The summed E-state index contributed by atoms with van der Waals surface area (Å²) in [5.74, 6) is 0.548. The van der Waals surface area contributed by atoms with Gasteiger partial charge in [-0.2, -0.15) is 0 Å². The Hall–Kier alpha value is -2.89. The standard InChI is InChI=1S/C19H21N3O3/c1-14(15-4-2-10-20-12-15)21-18(23)13-25-17-8-6-16(7-9-17)22-11-3-5-19(22)24/h2,4,6-10,12,14H,3,5,11,13H2,1H3,(H,21,23). The van der Waals surface area contributed by atoms with Crippen molar-refractivity contribution in [1.82, 2.24) is 10.3 Å². The second-order valence-corrected chi connectivity index (χ2v) is 6.01. The second kappa shape index (κ2) is 7.79. The van der Waals surface area contributed by atoms with E-state index >= 15 is 0 Å². The van der Waals surface area contributed by atoms with Crippen molar-refractivity contribution in [2.75, 3.05) is 18.1 Å². The van der Waals surface area contributed by atoms with Crippen LogP contribution in [0.5, 0.6) is 5.75 Å². The van der Waals surface area contributed by atoms with Gasteiger partial charge in [-0.1, -0.05) is 6.07 Å². The summed E-state index contributed by atoms with van der Waals surface area (Å²) < 4.78 is 5.52. The summed E-state index contributed by atoms with van der Waals surface area (Å²) >= 11 is 0. The third-order valence-corrected chi connectivity index (χ3v) is 4.15. The first-order chi connectivity index (χ1) is 12.1. The van der Waals surface area contributed by atoms with Crippen molar-refractivity contribution in [3.8, 4) is 5.75 Å². The number of amides is 2. The molecule has 130 valence electrons. The van der Waals surface area contributed by atoms with E-state index in [-0.39, 0.29) is 24.5 Å². The van der Waals surface area contributed by atoms with Gasteiger partial charge in [-0.25, -0.2) is 0 Å². The van der Waals surface area contributed by atoms with Crippen molar-refractivity contribution < 1.29 is 14.3 Å². The molecule has 0 radical (unpaired) electrons. The zero-order valence-electron chi connectivity index (χ0n) is 14.1. The van der Waals surface area contributed by atoms with Gasteiger partial charge in [-0.05, 0) is 49.2 Å². The van der Waals surface area contributed by atoms with Crippen LogP contribution in [-0.2, 0) is 9.59 Å². The Morgan fingerprint density at radius 2 is 2.12 bits per heavy atom. The van der Waals surface area contributed by atoms with Crippen LogP contribution >= 0.6 is 0 Å². The molecule has 0 spiro atoms. The van der Waals surface area contributed by atoms with Crippen molar-refractivity contribution in [3.63, 3.8) is 0 Å². The molecule has 6 nitrogen and oxygen atoms in total. The maximum absolute atomic E-state index is 12.0. The van der Waals surface area contributed by atoms with E-state index in [1.807, 2.05) is 31.2 Å². The molecule has 1 fully saturated rings. The summed E-state index contributed by atoms with van der Waals surface area (Å²) in [6, 6.07) is 10.9. The molecule has 1 N–H and O–H groups in total. The molecule has 1 unspecified atom stereocenters. The molecule has 1 atom stereocenters. The smallest absolute Gasteiger partial charge is 0.258 e. The van der Waals surface area contributed by atoms with Gasteiger partial charge < -0.3 is 15.0 Å². The van der Waals surface area contributed by atoms with Crippen LogP contribution < -0.4 is 15.0 Å². The molecule has 2 aromatic rings. The summed E-state index contributed by atoms with van der Waals surface area (Å²) in [5.41, 5.74) is 1.81. The highest BCUT2D eigenvalue weighted by molar-refractivity contribution is 5.95. The Bertz CT molecular complexity index is 731. The van der Waals surface area contributed by atoms with Crippen LogP contribution in [0.1, 0.15) is 31.4 Å². The predicted molar refractivity (Wildman–Crippen MR) is 94.3 cm³/mol. The molecular weight excluding hydrogens is 318 g/mol. The number of rotatable bonds is 6. The molecule has 1 aliphatic rings. The fraction of sp³-hybridized carbons (Fsp3) is 0.316. The Morgan fingerprint density at radius 3 is 2.76 bits per heavy atom. The molecule has 25 heavy (non-hydrogen) atoms. The van der Waals surface area contributed by atoms with E-state index in [1.54, 1.807) is 29.4 Å². The van der Waals surface area contributed by atoms with Gasteiger partial charge in [0.25, 0.3) is 5.91 Å². The SMILES string of the molecule is CC(NC(=O)COc1ccc(N2CCCC2=O)cc1)c1cccnc1. The first-order valence-corrected chi connectivity index (χ1v) is 8.36. The molecule has 0 saturated carbocycles. The number of pyridine rings is 1. The van der Waals surface area contributed by atoms with Crippen LogP contribution in [0, 0.1) is 0 Å². The molecule has 0 aliphatic carbocycles. The van der Waals surface area contributed by atoms with Crippen molar-refractivity contribution in [1.29, 1.82) is 0 Å². The number of carbonyl (C=O) groups excluding carboxylic acids is 2. The number of nitrogens with zero attached hydrogens (tertiary/aromatic N) is 2. The maximum Gasteiger partial charge on any atom is 0.258 e. The van der Waals surface area contributed by atoms with E-state index in [4.69, 9.17) is 4.74 Å². The van der Waals surface area contributed by atoms with Crippen molar-refractivity contribution >= 4 is 17.5 Å². The summed E-state index contributed by atoms with van der Waals surface area (Å²) in [7, 11) is 0. The number of aromatic nitrogens is 1. The lowest BCUT2D eigenvalue weighted by Crippen LogP contribution is -2.31. The van der Waals surface area contributed by atoms with Crippen LogP contribution in [0.15, 0.2) is 48.8 Å². The van der Waals surface area contributed by atoms with Crippen LogP contribution in [0.25, 0.3) is 0 Å². The number of anilines is 1. The van der Waals surface area contributed by atoms with Crippen molar-refractivity contribution in [2.24, 2.45) is 0 Å². The minimum absolute atomic E-state index is 0.0629. The molecule has 6 heteroatoms. The highest BCUT2D eigenvalue weighted by atomic mass is 16.5. The number of nitrogens with one attached hydrogen (secondary N) is 1. The number of hydrogen-bond donors (Lipinski definition) is 1. The molecule has 1 saturated heterocycles. The minimum atomic E-state index is -0.199. The molecule has 2 heterocycles. The lowest BCUT2D eigenvalue weighted by Gasteiger charge is -2.16. The van der Waals surface area contributed by atoms with E-state index in [1.165, 1.54) is 0 Å². The Kier molecular flexibility index (Phi) is 5.28. The van der Waals surface area contributed by atoms with E-state index < -0.39 is 0 Å². The predicted octanol–water partition coefficient (Wildman–Crippen LogP) is 2.46. The van der Waals surface area contributed by atoms with Crippen LogP contribution in [-0.4, -0.2) is 29.9 Å². The fourth-order valence-electron chi connectivity index (χ4n) is 2.79. The van der Waals surface area contributed by atoms with Gasteiger partial charge in [-0.3, -0.25) is 14.6 Å². The van der Waals surface area contributed by atoms with E-state index in [2.05, 4.69) is 10.3 Å². The Morgan fingerprint density at radius 1 is 1.32 bits per heavy atom. The fourth-order valence-corrected chi connectivity index (χ4v) is 2.79. The number of benzene rings is 1. The summed E-state index contributed by atoms with van der Waals surface area (Å²) in [5, 5.41) is 2.87. The largest absolute Gasteiger partial charge is 0.484 e. The van der Waals surface area contributed by atoms with E-state index in [0.29, 0.717) is 12.2 Å². The summed E-state index contributed by atoms with van der Waals surface area (Å²) in [4.78, 5) is 29.6. The molecule has 3 rings (SSSR count). The van der Waals surface area contributed by atoms with E-state index in [0.717, 1.165) is 24.2 Å². The lowest BCUT2D eigenvalue weighted by molar-refractivity contribution is -0.123. The Labute approximate surface area is 146 Å². The second-order valence-electron chi connectivity index (χ2n) is 6.01. The van der Waals surface area contributed by atoms with Gasteiger partial charge in [0.05, 0.1) is 6.04 Å². The average molecular weight is 339 g/mol. The minimum Gasteiger partial charge on any atom is -0.484 e. The molecule has 1 aromatic carbocycles. The summed E-state index contributed by atoms with van der Waals surface area (Å²) in [6.45, 7) is 2.59. The molecule has 1 aliphatic heterocycles. The van der Waals surface area contributed by atoms with Crippen LogP contribution in [0.2, 0.25) is 0 Å². The number of ether oxygens (including phenoxy) is 1. The quantitative estimate of drug-likeness (QED) is 0.877. The summed E-state index contributed by atoms with van der Waals surface area (Å²) in [6.07, 6.45) is 4.92. The third kappa shape index (κ3) is 4.35. The first-order valence-electron chi connectivity index (χ1n) is 8.36. The number of carbonyl (C=O) groups is 2. The zero-order chi connectivity index (χ0) is 17.6. The lowest BCUT2D eigenvalue weighted by atomic mass is 10.1. The van der Waals surface area contributed by atoms with Gasteiger partial charge >= 0.3 is 0 Å². The normalized spacial score (nSPS) is 15.1. The number of hydrogen-bond acceptors (Lipinski definition) is 4. The van der Waals surface area contributed by atoms with Gasteiger partial charge in [-0.15, -0.1) is 0 Å². The molecule has 1 aromatic heterocycles. The van der Waals surface area contributed by atoms with Gasteiger partial charge in [0.1, 0.15) is 5.75 Å². The van der Waals surface area contributed by atoms with Crippen molar-refractivity contribution in [3.05, 3.63) is 54.4 Å². The van der Waals surface area contributed by atoms with Gasteiger partial charge in [0.2, 0.25) is 5.91 Å². The van der Waals surface area contributed by atoms with Crippen LogP contribution in [0.3, 0.4) is 0 Å². The highest BCUT2D eigenvalue weighted by Gasteiger charge is 2.21. The molecular formula is C19H21N3O3. The maximum atomic E-state index is 12.0. The zero-order valence-corrected chi connectivity index (χ0v) is 14.1. The van der Waals surface area contributed by atoms with Crippen molar-refractivity contribution in [2.45, 2.75) is 25.8 Å². The third-order valence-electron chi connectivity index (χ3n) is 4.15. The average Bonchev–Trinajstić information content (AvgIpc) is 3.07. The van der Waals surface area contributed by atoms with Gasteiger partial charge in [0, 0.05) is 31.0 Å². The van der Waals surface area contributed by atoms with E-state index in [9.17, 15) is 9.59 Å². The first kappa shape index (κ1) is 17.0. The molecule has 0 bridgehead atoms. The van der Waals surface area contributed by atoms with Gasteiger partial charge in [0.15, 0.2) is 6.61 Å². The topological polar surface area (TPSA) is 71.5 Å². The molecule has 2 amide bonds. The monoisotopic (exact) mass is 339 g/mol.